The first-order chi connectivity index (χ1) is 9.60. The highest BCUT2D eigenvalue weighted by molar-refractivity contribution is 5.43. The minimum Gasteiger partial charge on any atom is -0.377 e. The van der Waals surface area contributed by atoms with Crippen LogP contribution in [0.15, 0.2) is 47.4 Å². The molecule has 2 aromatic rings. The fourth-order valence-electron chi connectivity index (χ4n) is 2.12. The zero-order valence-corrected chi connectivity index (χ0v) is 11.8. The Morgan fingerprint density at radius 2 is 1.90 bits per heavy atom. The molecule has 0 aliphatic rings. The van der Waals surface area contributed by atoms with Crippen molar-refractivity contribution in [2.75, 3.05) is 5.32 Å². The summed E-state index contributed by atoms with van der Waals surface area (Å²) in [5, 5.41) is 3.32. The van der Waals surface area contributed by atoms with Crippen LogP contribution in [0, 0.1) is 5.82 Å². The molecule has 4 heteroatoms. The Kier molecular flexibility index (Phi) is 4.56. The average Bonchev–Trinajstić information content (AvgIpc) is 2.43. The van der Waals surface area contributed by atoms with Crippen molar-refractivity contribution < 1.29 is 4.39 Å². The number of hydrogen-bond acceptors (Lipinski definition) is 2. The molecule has 3 nitrogen and oxygen atoms in total. The van der Waals surface area contributed by atoms with E-state index in [0.29, 0.717) is 6.54 Å². The molecule has 0 fully saturated rings. The lowest BCUT2D eigenvalue weighted by molar-refractivity contribution is 0.626. The zero-order chi connectivity index (χ0) is 14.5. The largest absolute Gasteiger partial charge is 0.377 e. The number of nitrogens with one attached hydrogen (secondary N) is 1. The molecule has 1 aromatic carbocycles. The number of hydrogen-bond donors (Lipinski definition) is 1. The third-order valence-electron chi connectivity index (χ3n) is 3.20. The lowest BCUT2D eigenvalue weighted by Gasteiger charge is -2.16. The van der Waals surface area contributed by atoms with Crippen LogP contribution in [-0.2, 0) is 6.54 Å². The number of pyridine rings is 1. The second-order valence-electron chi connectivity index (χ2n) is 4.87. The van der Waals surface area contributed by atoms with E-state index in [2.05, 4.69) is 5.32 Å². The Morgan fingerprint density at radius 1 is 1.20 bits per heavy atom. The minimum absolute atomic E-state index is 0.00633. The molecule has 1 N–H and O–H groups in total. The van der Waals surface area contributed by atoms with Gasteiger partial charge in [-0.25, -0.2) is 4.39 Å². The van der Waals surface area contributed by atoms with Crippen molar-refractivity contribution in [3.63, 3.8) is 0 Å². The van der Waals surface area contributed by atoms with Gasteiger partial charge in [0.1, 0.15) is 5.82 Å². The zero-order valence-electron chi connectivity index (χ0n) is 11.8. The molecule has 1 aromatic heterocycles. The van der Waals surface area contributed by atoms with E-state index in [1.54, 1.807) is 28.8 Å². The smallest absolute Gasteiger partial charge is 0.250 e. The molecule has 0 spiro atoms. The van der Waals surface area contributed by atoms with E-state index in [1.807, 2.05) is 20.0 Å². The molecule has 0 saturated carbocycles. The van der Waals surface area contributed by atoms with Crippen LogP contribution in [-0.4, -0.2) is 4.57 Å². The number of anilines is 1. The molecule has 0 radical (unpaired) electrons. The molecular weight excluding hydrogens is 255 g/mol. The molecule has 1 heterocycles. The summed E-state index contributed by atoms with van der Waals surface area (Å²) < 4.78 is 14.6. The first-order valence-electron chi connectivity index (χ1n) is 6.82. The monoisotopic (exact) mass is 274 g/mol. The average molecular weight is 274 g/mol. The molecule has 1 atom stereocenters. The SMILES string of the molecule is CCCn1cc(NC(C)c2ccc(F)cc2)ccc1=O. The van der Waals surface area contributed by atoms with Crippen LogP contribution in [0.25, 0.3) is 0 Å². The standard InChI is InChI=1S/C16H19FN2O/c1-3-10-19-11-15(8-9-16(19)20)18-12(2)13-4-6-14(17)7-5-13/h4-9,11-12,18H,3,10H2,1-2H3. The van der Waals surface area contributed by atoms with Crippen LogP contribution in [0.1, 0.15) is 31.9 Å². The van der Waals surface area contributed by atoms with Gasteiger partial charge in [0.2, 0.25) is 0 Å². The predicted octanol–water partition coefficient (Wildman–Crippen LogP) is 3.57. The summed E-state index contributed by atoms with van der Waals surface area (Å²) >= 11 is 0. The third kappa shape index (κ3) is 3.47. The minimum atomic E-state index is -0.238. The van der Waals surface area contributed by atoms with Gasteiger partial charge in [0.25, 0.3) is 5.56 Å². The Balaban J connectivity index is 2.15. The van der Waals surface area contributed by atoms with Crippen LogP contribution < -0.4 is 10.9 Å². The molecule has 0 saturated heterocycles. The molecular formula is C16H19FN2O. The first-order valence-corrected chi connectivity index (χ1v) is 6.82. The lowest BCUT2D eigenvalue weighted by atomic mass is 10.1. The van der Waals surface area contributed by atoms with Crippen molar-refractivity contribution in [2.24, 2.45) is 0 Å². The lowest BCUT2D eigenvalue weighted by Crippen LogP contribution is -2.19. The highest BCUT2D eigenvalue weighted by Crippen LogP contribution is 2.18. The van der Waals surface area contributed by atoms with Crippen LogP contribution >= 0.6 is 0 Å². The van der Waals surface area contributed by atoms with Crippen molar-refractivity contribution in [3.05, 3.63) is 64.3 Å². The Morgan fingerprint density at radius 3 is 2.55 bits per heavy atom. The molecule has 106 valence electrons. The summed E-state index contributed by atoms with van der Waals surface area (Å²) in [6.45, 7) is 4.75. The highest BCUT2D eigenvalue weighted by atomic mass is 19.1. The van der Waals surface area contributed by atoms with E-state index >= 15 is 0 Å². The normalized spacial score (nSPS) is 12.2. The van der Waals surface area contributed by atoms with E-state index < -0.39 is 0 Å². The Labute approximate surface area is 118 Å². The van der Waals surface area contributed by atoms with Gasteiger partial charge in [-0.15, -0.1) is 0 Å². The van der Waals surface area contributed by atoms with Crippen LogP contribution in [0.2, 0.25) is 0 Å². The predicted molar refractivity (Wildman–Crippen MR) is 79.4 cm³/mol. The number of aromatic nitrogens is 1. The van der Waals surface area contributed by atoms with Crippen molar-refractivity contribution in [3.8, 4) is 0 Å². The van der Waals surface area contributed by atoms with Gasteiger partial charge in [0, 0.05) is 24.8 Å². The first kappa shape index (κ1) is 14.3. The number of benzene rings is 1. The van der Waals surface area contributed by atoms with Gasteiger partial charge in [-0.3, -0.25) is 4.79 Å². The van der Waals surface area contributed by atoms with Gasteiger partial charge in [-0.1, -0.05) is 19.1 Å². The van der Waals surface area contributed by atoms with Gasteiger partial charge in [0.15, 0.2) is 0 Å². The molecule has 1 unspecified atom stereocenters. The quantitative estimate of drug-likeness (QED) is 0.904. The number of rotatable bonds is 5. The van der Waals surface area contributed by atoms with Crippen LogP contribution in [0.5, 0.6) is 0 Å². The van der Waals surface area contributed by atoms with Crippen molar-refractivity contribution in [2.45, 2.75) is 32.9 Å². The second-order valence-corrected chi connectivity index (χ2v) is 4.87. The summed E-state index contributed by atoms with van der Waals surface area (Å²) in [7, 11) is 0. The molecule has 20 heavy (non-hydrogen) atoms. The van der Waals surface area contributed by atoms with Gasteiger partial charge in [-0.05, 0) is 37.1 Å². The van der Waals surface area contributed by atoms with Gasteiger partial charge < -0.3 is 9.88 Å². The summed E-state index contributed by atoms with van der Waals surface area (Å²) in [5.41, 5.74) is 1.89. The van der Waals surface area contributed by atoms with E-state index in [9.17, 15) is 9.18 Å². The van der Waals surface area contributed by atoms with E-state index in [4.69, 9.17) is 0 Å². The fourth-order valence-corrected chi connectivity index (χ4v) is 2.12. The molecule has 0 aliphatic carbocycles. The van der Waals surface area contributed by atoms with Gasteiger partial charge >= 0.3 is 0 Å². The Hall–Kier alpha value is -2.10. The highest BCUT2D eigenvalue weighted by Gasteiger charge is 2.06. The van der Waals surface area contributed by atoms with Crippen LogP contribution in [0.4, 0.5) is 10.1 Å². The van der Waals surface area contributed by atoms with E-state index in [0.717, 1.165) is 17.7 Å². The third-order valence-corrected chi connectivity index (χ3v) is 3.20. The fraction of sp³-hybridized carbons (Fsp3) is 0.312. The molecule has 0 aliphatic heterocycles. The summed E-state index contributed by atoms with van der Waals surface area (Å²) in [6, 6.07) is 9.80. The Bertz CT molecular complexity index is 619. The van der Waals surface area contributed by atoms with Crippen LogP contribution in [0.3, 0.4) is 0 Å². The van der Waals surface area contributed by atoms with E-state index in [-0.39, 0.29) is 17.4 Å². The summed E-state index contributed by atoms with van der Waals surface area (Å²) in [5.74, 6) is -0.238. The maximum atomic E-state index is 12.9. The topological polar surface area (TPSA) is 34.0 Å². The van der Waals surface area contributed by atoms with Crippen molar-refractivity contribution >= 4 is 5.69 Å². The van der Waals surface area contributed by atoms with Crippen molar-refractivity contribution in [1.29, 1.82) is 0 Å². The summed E-state index contributed by atoms with van der Waals surface area (Å²) in [4.78, 5) is 11.6. The summed E-state index contributed by atoms with van der Waals surface area (Å²) in [6.07, 6.45) is 2.74. The number of aryl methyl sites for hydroxylation is 1. The van der Waals surface area contributed by atoms with Gasteiger partial charge in [0.05, 0.1) is 5.69 Å². The van der Waals surface area contributed by atoms with Crippen molar-refractivity contribution in [1.82, 2.24) is 4.57 Å². The second kappa shape index (κ2) is 6.37. The number of nitrogens with zero attached hydrogens (tertiary/aromatic N) is 1. The molecule has 0 bridgehead atoms. The maximum absolute atomic E-state index is 12.9. The molecule has 0 amide bonds. The maximum Gasteiger partial charge on any atom is 0.250 e. The number of halogens is 1. The van der Waals surface area contributed by atoms with Gasteiger partial charge in [-0.2, -0.15) is 0 Å². The molecule has 2 rings (SSSR count). The van der Waals surface area contributed by atoms with E-state index in [1.165, 1.54) is 12.1 Å².